The van der Waals surface area contributed by atoms with Crippen LogP contribution in [0.25, 0.3) is 0 Å². The van der Waals surface area contributed by atoms with E-state index in [4.69, 9.17) is 4.74 Å². The number of nitrogens with zero attached hydrogens (tertiary/aromatic N) is 3. The molecule has 2 aromatic rings. The van der Waals surface area contributed by atoms with E-state index in [1.54, 1.807) is 16.7 Å². The maximum atomic E-state index is 12.5. The Hall–Kier alpha value is -1.97. The molecular weight excluding hydrogens is 384 g/mol. The smallest absolute Gasteiger partial charge is 0.231 e. The van der Waals surface area contributed by atoms with Gasteiger partial charge >= 0.3 is 0 Å². The molecule has 1 aromatic heterocycles. The minimum atomic E-state index is -0.393. The number of aromatic nitrogens is 2. The topological polar surface area (TPSA) is 84.4 Å². The lowest BCUT2D eigenvalue weighted by atomic mass is 10.1. The first kappa shape index (κ1) is 19.8. The number of rotatable bonds is 8. The Labute approximate surface area is 166 Å². The van der Waals surface area contributed by atoms with Crippen molar-refractivity contribution in [1.29, 1.82) is 0 Å². The Morgan fingerprint density at radius 3 is 3.07 bits per heavy atom. The Bertz CT molecular complexity index is 811. The second kappa shape index (κ2) is 9.29. The Balaban J connectivity index is 1.54. The third-order valence-electron chi connectivity index (χ3n) is 4.10. The van der Waals surface area contributed by atoms with E-state index in [-0.39, 0.29) is 18.2 Å². The predicted octanol–water partition coefficient (Wildman–Crippen LogP) is 2.97. The molecule has 27 heavy (non-hydrogen) atoms. The molecule has 1 N–H and O–H groups in total. The molecule has 1 aliphatic heterocycles. The summed E-state index contributed by atoms with van der Waals surface area (Å²) in [7, 11) is 0. The van der Waals surface area contributed by atoms with Crippen LogP contribution in [0.3, 0.4) is 0 Å². The number of benzene rings is 1. The van der Waals surface area contributed by atoms with Gasteiger partial charge in [0.1, 0.15) is 0 Å². The molecule has 0 bridgehead atoms. The van der Waals surface area contributed by atoms with Crippen LogP contribution >= 0.6 is 23.1 Å². The Morgan fingerprint density at radius 2 is 2.30 bits per heavy atom. The Kier molecular flexibility index (Phi) is 6.81. The van der Waals surface area contributed by atoms with Crippen LogP contribution < -0.4 is 10.2 Å². The highest BCUT2D eigenvalue weighted by molar-refractivity contribution is 8.01. The molecule has 1 saturated heterocycles. The quantitative estimate of drug-likeness (QED) is 0.412. The number of hydrogen-bond acceptors (Lipinski definition) is 7. The van der Waals surface area contributed by atoms with Crippen molar-refractivity contribution in [2.24, 2.45) is 5.92 Å². The number of ether oxygens (including phenoxy) is 1. The standard InChI is InChI=1S/C18H22N4O3S2/c1-3-25-7-8-26-18-21-20-17(27-18)19-16(24)13-10-15(23)22(11-13)14-6-4-5-12(2)9-14/h4-6,9,13H,3,7-8,10-11H2,1-2H3,(H,19,20,24)/t13-/m0/s1. The number of aryl methyl sites for hydroxylation is 1. The van der Waals surface area contributed by atoms with Crippen LogP contribution in [-0.4, -0.2) is 47.5 Å². The average molecular weight is 407 g/mol. The summed E-state index contributed by atoms with van der Waals surface area (Å²) in [5.41, 5.74) is 1.91. The van der Waals surface area contributed by atoms with Gasteiger partial charge in [-0.15, -0.1) is 10.2 Å². The van der Waals surface area contributed by atoms with E-state index in [0.29, 0.717) is 24.9 Å². The van der Waals surface area contributed by atoms with E-state index in [2.05, 4.69) is 15.5 Å². The van der Waals surface area contributed by atoms with E-state index >= 15 is 0 Å². The zero-order chi connectivity index (χ0) is 19.2. The van der Waals surface area contributed by atoms with Crippen LogP contribution in [0.2, 0.25) is 0 Å². The lowest BCUT2D eigenvalue weighted by Gasteiger charge is -2.17. The molecule has 9 heteroatoms. The number of carbonyl (C=O) groups excluding carboxylic acids is 2. The summed E-state index contributed by atoms with van der Waals surface area (Å²) in [6, 6.07) is 7.74. The third kappa shape index (κ3) is 5.27. The van der Waals surface area contributed by atoms with Crippen molar-refractivity contribution in [2.75, 3.05) is 35.7 Å². The highest BCUT2D eigenvalue weighted by Crippen LogP contribution is 2.28. The van der Waals surface area contributed by atoms with Crippen molar-refractivity contribution >= 4 is 45.7 Å². The first-order valence-electron chi connectivity index (χ1n) is 8.78. The SMILES string of the molecule is CCOCCSc1nnc(NC(=O)[C@H]2CC(=O)N(c3cccc(C)c3)C2)s1. The summed E-state index contributed by atoms with van der Waals surface area (Å²) in [5.74, 6) is 0.167. The number of thioether (sulfide) groups is 1. The van der Waals surface area contributed by atoms with E-state index < -0.39 is 5.92 Å². The lowest BCUT2D eigenvalue weighted by Crippen LogP contribution is -2.28. The fourth-order valence-corrected chi connectivity index (χ4v) is 4.46. The van der Waals surface area contributed by atoms with Gasteiger partial charge in [0.15, 0.2) is 4.34 Å². The van der Waals surface area contributed by atoms with Gasteiger partial charge in [0.2, 0.25) is 16.9 Å². The van der Waals surface area contributed by atoms with Crippen molar-refractivity contribution < 1.29 is 14.3 Å². The first-order chi connectivity index (χ1) is 13.1. The minimum absolute atomic E-state index is 0.0369. The zero-order valence-corrected chi connectivity index (χ0v) is 16.9. The fraction of sp³-hybridized carbons (Fsp3) is 0.444. The monoisotopic (exact) mass is 406 g/mol. The molecule has 1 atom stereocenters. The molecule has 0 saturated carbocycles. The van der Waals surface area contributed by atoms with Crippen molar-refractivity contribution in [3.63, 3.8) is 0 Å². The molecule has 1 aliphatic rings. The number of nitrogens with one attached hydrogen (secondary N) is 1. The number of anilines is 2. The van der Waals surface area contributed by atoms with Gasteiger partial charge in [-0.1, -0.05) is 35.2 Å². The molecular formula is C18H22N4O3S2. The van der Waals surface area contributed by atoms with Crippen LogP contribution in [0.1, 0.15) is 18.9 Å². The van der Waals surface area contributed by atoms with Crippen molar-refractivity contribution in [3.8, 4) is 0 Å². The first-order valence-corrected chi connectivity index (χ1v) is 10.6. The second-order valence-electron chi connectivity index (χ2n) is 6.15. The van der Waals surface area contributed by atoms with Gasteiger partial charge in [0.05, 0.1) is 12.5 Å². The van der Waals surface area contributed by atoms with Crippen LogP contribution in [0.5, 0.6) is 0 Å². The van der Waals surface area contributed by atoms with Gasteiger partial charge in [0.25, 0.3) is 0 Å². The molecule has 3 rings (SSSR count). The summed E-state index contributed by atoms with van der Waals surface area (Å²) in [6.45, 7) is 5.66. The molecule has 1 fully saturated rings. The molecule has 0 aliphatic carbocycles. The van der Waals surface area contributed by atoms with Gasteiger partial charge in [-0.2, -0.15) is 0 Å². The number of hydrogen-bond donors (Lipinski definition) is 1. The number of carbonyl (C=O) groups is 2. The molecule has 2 heterocycles. The minimum Gasteiger partial charge on any atom is -0.381 e. The van der Waals surface area contributed by atoms with Gasteiger partial charge in [-0.05, 0) is 31.5 Å². The largest absolute Gasteiger partial charge is 0.381 e. The fourth-order valence-electron chi connectivity index (χ4n) is 2.79. The van der Waals surface area contributed by atoms with Gasteiger partial charge in [-0.3, -0.25) is 9.59 Å². The van der Waals surface area contributed by atoms with E-state index in [1.165, 1.54) is 11.3 Å². The molecule has 0 unspecified atom stereocenters. The van der Waals surface area contributed by atoms with Crippen LogP contribution in [0.15, 0.2) is 28.6 Å². The predicted molar refractivity (Wildman–Crippen MR) is 107 cm³/mol. The number of amides is 2. The normalized spacial score (nSPS) is 16.7. The summed E-state index contributed by atoms with van der Waals surface area (Å²) in [5, 5.41) is 11.3. The van der Waals surface area contributed by atoms with Crippen LogP contribution in [0, 0.1) is 12.8 Å². The van der Waals surface area contributed by atoms with Crippen molar-refractivity contribution in [3.05, 3.63) is 29.8 Å². The molecule has 2 amide bonds. The maximum absolute atomic E-state index is 12.5. The van der Waals surface area contributed by atoms with Crippen LogP contribution in [-0.2, 0) is 14.3 Å². The summed E-state index contributed by atoms with van der Waals surface area (Å²) in [6.07, 6.45) is 0.203. The van der Waals surface area contributed by atoms with Crippen molar-refractivity contribution in [2.45, 2.75) is 24.6 Å². The van der Waals surface area contributed by atoms with Gasteiger partial charge in [-0.25, -0.2) is 0 Å². The molecule has 7 nitrogen and oxygen atoms in total. The summed E-state index contributed by atoms with van der Waals surface area (Å²) < 4.78 is 6.07. The van der Waals surface area contributed by atoms with Crippen molar-refractivity contribution in [1.82, 2.24) is 10.2 Å². The Morgan fingerprint density at radius 1 is 1.44 bits per heavy atom. The molecule has 144 valence electrons. The highest BCUT2D eigenvalue weighted by Gasteiger charge is 2.35. The second-order valence-corrected chi connectivity index (χ2v) is 8.47. The summed E-state index contributed by atoms with van der Waals surface area (Å²) >= 11 is 2.88. The van der Waals surface area contributed by atoms with E-state index in [9.17, 15) is 9.59 Å². The summed E-state index contributed by atoms with van der Waals surface area (Å²) in [4.78, 5) is 26.5. The highest BCUT2D eigenvalue weighted by atomic mass is 32.2. The molecule has 0 spiro atoms. The van der Waals surface area contributed by atoms with Crippen LogP contribution in [0.4, 0.5) is 10.8 Å². The zero-order valence-electron chi connectivity index (χ0n) is 15.3. The van der Waals surface area contributed by atoms with Gasteiger partial charge < -0.3 is 15.0 Å². The molecule has 1 aromatic carbocycles. The van der Waals surface area contributed by atoms with Gasteiger partial charge in [0, 0.05) is 31.0 Å². The molecule has 0 radical (unpaired) electrons. The lowest BCUT2D eigenvalue weighted by molar-refractivity contribution is -0.122. The van der Waals surface area contributed by atoms with E-state index in [1.807, 2.05) is 38.1 Å². The van der Waals surface area contributed by atoms with E-state index in [0.717, 1.165) is 21.3 Å². The third-order valence-corrected chi connectivity index (χ3v) is 6.04. The average Bonchev–Trinajstić information content (AvgIpc) is 3.25. The maximum Gasteiger partial charge on any atom is 0.231 e.